The summed E-state index contributed by atoms with van der Waals surface area (Å²) in [5.41, 5.74) is 1.24. The molecule has 8 heteroatoms. The first-order chi connectivity index (χ1) is 17.4. The molecule has 2 saturated carbocycles. The number of piperazine rings is 1. The van der Waals surface area contributed by atoms with Gasteiger partial charge >= 0.3 is 0 Å². The van der Waals surface area contributed by atoms with Crippen LogP contribution in [0, 0.1) is 5.92 Å². The van der Waals surface area contributed by atoms with Gasteiger partial charge in [0.15, 0.2) is 0 Å². The summed E-state index contributed by atoms with van der Waals surface area (Å²) >= 11 is 0. The maximum atomic E-state index is 14.1. The molecule has 1 aromatic carbocycles. The zero-order valence-electron chi connectivity index (χ0n) is 21.5. The normalized spacial score (nSPS) is 26.0. The monoisotopic (exact) mass is 490 g/mol. The predicted molar refractivity (Wildman–Crippen MR) is 143 cm³/mol. The number of aromatic nitrogens is 3. The molecule has 2 aliphatic carbocycles. The Bertz CT molecular complexity index is 1310. The first kappa shape index (κ1) is 23.8. The van der Waals surface area contributed by atoms with Crippen LogP contribution in [0.5, 0.6) is 0 Å². The first-order valence-corrected chi connectivity index (χ1v) is 13.6. The SMILES string of the molecule is CN1CCN(Cc2ccc3c(c2)c(=O)n(C2CCC(C)(O)CC2)c2nc(NCC4CC4)ncc32)CC1. The minimum atomic E-state index is -0.658. The van der Waals surface area contributed by atoms with Gasteiger partial charge in [0.25, 0.3) is 5.56 Å². The van der Waals surface area contributed by atoms with Gasteiger partial charge in [-0.2, -0.15) is 4.98 Å². The average Bonchev–Trinajstić information content (AvgIpc) is 3.70. The number of nitrogens with zero attached hydrogens (tertiary/aromatic N) is 5. The molecule has 3 aliphatic rings. The highest BCUT2D eigenvalue weighted by molar-refractivity contribution is 6.04. The van der Waals surface area contributed by atoms with Gasteiger partial charge in [-0.15, -0.1) is 0 Å². The summed E-state index contributed by atoms with van der Waals surface area (Å²) in [6.07, 6.45) is 7.31. The smallest absolute Gasteiger partial charge is 0.260 e. The Morgan fingerprint density at radius 2 is 1.81 bits per heavy atom. The largest absolute Gasteiger partial charge is 0.390 e. The highest BCUT2D eigenvalue weighted by atomic mass is 16.3. The maximum Gasteiger partial charge on any atom is 0.260 e. The maximum absolute atomic E-state index is 14.1. The van der Waals surface area contributed by atoms with Crippen LogP contribution in [-0.2, 0) is 6.54 Å². The van der Waals surface area contributed by atoms with Crippen LogP contribution in [0.1, 0.15) is 57.1 Å². The van der Waals surface area contributed by atoms with E-state index < -0.39 is 5.60 Å². The highest BCUT2D eigenvalue weighted by Gasteiger charge is 2.31. The van der Waals surface area contributed by atoms with Crippen molar-refractivity contribution in [1.82, 2.24) is 24.3 Å². The Hall–Kier alpha value is -2.55. The summed E-state index contributed by atoms with van der Waals surface area (Å²) in [5.74, 6) is 1.30. The van der Waals surface area contributed by atoms with Crippen molar-refractivity contribution in [2.45, 2.75) is 63.6 Å². The third kappa shape index (κ3) is 4.86. The topological polar surface area (TPSA) is 86.5 Å². The molecule has 1 saturated heterocycles. The van der Waals surface area contributed by atoms with E-state index in [9.17, 15) is 9.90 Å². The van der Waals surface area contributed by atoms with Crippen LogP contribution >= 0.6 is 0 Å². The van der Waals surface area contributed by atoms with E-state index in [-0.39, 0.29) is 11.6 Å². The fourth-order valence-electron chi connectivity index (χ4n) is 5.80. The summed E-state index contributed by atoms with van der Waals surface area (Å²) in [7, 11) is 2.17. The lowest BCUT2D eigenvalue weighted by Gasteiger charge is -2.34. The van der Waals surface area contributed by atoms with Gasteiger partial charge in [0.2, 0.25) is 5.95 Å². The van der Waals surface area contributed by atoms with Gasteiger partial charge in [0.1, 0.15) is 5.65 Å². The molecule has 8 nitrogen and oxygen atoms in total. The number of anilines is 1. The molecule has 6 rings (SSSR count). The summed E-state index contributed by atoms with van der Waals surface area (Å²) in [6.45, 7) is 7.87. The number of fused-ring (bicyclic) bond motifs is 3. The molecule has 0 spiro atoms. The standard InChI is InChI=1S/C28H38N6O2/c1-28(36)9-7-21(8-10-28)34-25-24(17-30-27(31-25)29-16-19-3-4-19)22-6-5-20(15-23(22)26(34)35)18-33-13-11-32(2)12-14-33/h5-6,15,17,19,21,36H,3-4,7-14,16,18H2,1-2H3,(H,29,30,31). The van der Waals surface area contributed by atoms with Crippen molar-refractivity contribution in [2.24, 2.45) is 5.92 Å². The van der Waals surface area contributed by atoms with Crippen LogP contribution in [0.25, 0.3) is 21.8 Å². The third-order valence-corrected chi connectivity index (χ3v) is 8.47. The molecule has 0 unspecified atom stereocenters. The van der Waals surface area contributed by atoms with Crippen LogP contribution in [-0.4, -0.2) is 74.8 Å². The van der Waals surface area contributed by atoms with Gasteiger partial charge in [-0.1, -0.05) is 12.1 Å². The molecule has 0 amide bonds. The van der Waals surface area contributed by atoms with Crippen molar-refractivity contribution in [3.8, 4) is 0 Å². The van der Waals surface area contributed by atoms with E-state index in [0.29, 0.717) is 30.4 Å². The van der Waals surface area contributed by atoms with Crippen molar-refractivity contribution in [1.29, 1.82) is 0 Å². The Labute approximate surface area is 212 Å². The lowest BCUT2D eigenvalue weighted by molar-refractivity contribution is 0.0100. The van der Waals surface area contributed by atoms with E-state index in [0.717, 1.165) is 68.3 Å². The van der Waals surface area contributed by atoms with Crippen molar-refractivity contribution in [3.05, 3.63) is 40.3 Å². The lowest BCUT2D eigenvalue weighted by atomic mass is 9.83. The van der Waals surface area contributed by atoms with Crippen LogP contribution in [0.3, 0.4) is 0 Å². The lowest BCUT2D eigenvalue weighted by Crippen LogP contribution is -2.43. The predicted octanol–water partition coefficient (Wildman–Crippen LogP) is 3.38. The van der Waals surface area contributed by atoms with Gasteiger partial charge < -0.3 is 15.3 Å². The summed E-state index contributed by atoms with van der Waals surface area (Å²) in [6, 6.07) is 6.35. The van der Waals surface area contributed by atoms with Gasteiger partial charge in [0.05, 0.1) is 5.60 Å². The summed E-state index contributed by atoms with van der Waals surface area (Å²) < 4.78 is 1.91. The van der Waals surface area contributed by atoms with Gasteiger partial charge in [-0.3, -0.25) is 14.3 Å². The average molecular weight is 491 g/mol. The minimum absolute atomic E-state index is 0.0242. The molecule has 192 valence electrons. The van der Waals surface area contributed by atoms with Gasteiger partial charge in [-0.05, 0) is 75.4 Å². The number of rotatable bonds is 6. The van der Waals surface area contributed by atoms with Crippen molar-refractivity contribution in [3.63, 3.8) is 0 Å². The van der Waals surface area contributed by atoms with E-state index in [1.807, 2.05) is 17.7 Å². The van der Waals surface area contributed by atoms with Crippen molar-refractivity contribution in [2.75, 3.05) is 45.1 Å². The third-order valence-electron chi connectivity index (χ3n) is 8.47. The Kier molecular flexibility index (Phi) is 6.22. The molecule has 36 heavy (non-hydrogen) atoms. The summed E-state index contributed by atoms with van der Waals surface area (Å²) in [5, 5.41) is 16.5. The number of nitrogens with one attached hydrogen (secondary N) is 1. The molecular formula is C28H38N6O2. The number of hydrogen-bond donors (Lipinski definition) is 2. The van der Waals surface area contributed by atoms with E-state index in [1.165, 1.54) is 18.4 Å². The van der Waals surface area contributed by atoms with E-state index >= 15 is 0 Å². The van der Waals surface area contributed by atoms with Gasteiger partial charge in [-0.25, -0.2) is 4.98 Å². The van der Waals surface area contributed by atoms with Crippen LogP contribution in [0.2, 0.25) is 0 Å². The number of likely N-dealkylation sites (N-methyl/N-ethyl adjacent to an activating group) is 1. The second-order valence-electron chi connectivity index (χ2n) is 11.6. The molecule has 3 aromatic rings. The number of hydrogen-bond acceptors (Lipinski definition) is 7. The molecule has 1 aliphatic heterocycles. The second kappa shape index (κ2) is 9.39. The minimum Gasteiger partial charge on any atom is -0.390 e. The second-order valence-corrected chi connectivity index (χ2v) is 11.6. The molecule has 2 aromatic heterocycles. The first-order valence-electron chi connectivity index (χ1n) is 13.6. The number of aliphatic hydroxyl groups is 1. The van der Waals surface area contributed by atoms with Crippen LogP contribution in [0.15, 0.2) is 29.2 Å². The van der Waals surface area contributed by atoms with Crippen molar-refractivity contribution < 1.29 is 5.11 Å². The van der Waals surface area contributed by atoms with Gasteiger partial charge in [0, 0.05) is 62.3 Å². The molecule has 3 fully saturated rings. The molecule has 2 N–H and O–H groups in total. The van der Waals surface area contributed by atoms with E-state index in [4.69, 9.17) is 4.98 Å². The van der Waals surface area contributed by atoms with Crippen LogP contribution in [0.4, 0.5) is 5.95 Å². The number of benzene rings is 1. The van der Waals surface area contributed by atoms with E-state index in [1.54, 1.807) is 0 Å². The molecule has 0 bridgehead atoms. The fraction of sp³-hybridized carbons (Fsp3) is 0.607. The zero-order chi connectivity index (χ0) is 24.9. The highest BCUT2D eigenvalue weighted by Crippen LogP contribution is 2.36. The van der Waals surface area contributed by atoms with Crippen LogP contribution < -0.4 is 10.9 Å². The fourth-order valence-corrected chi connectivity index (χ4v) is 5.80. The summed E-state index contributed by atoms with van der Waals surface area (Å²) in [4.78, 5) is 28.4. The van der Waals surface area contributed by atoms with E-state index in [2.05, 4.69) is 45.3 Å². The van der Waals surface area contributed by atoms with Crippen molar-refractivity contribution >= 4 is 27.8 Å². The Balaban J connectivity index is 1.41. The molecular weight excluding hydrogens is 452 g/mol. The number of pyridine rings is 1. The molecule has 0 atom stereocenters. The molecule has 0 radical (unpaired) electrons. The molecule has 3 heterocycles. The Morgan fingerprint density at radius 3 is 2.53 bits per heavy atom. The Morgan fingerprint density at radius 1 is 1.06 bits per heavy atom. The quantitative estimate of drug-likeness (QED) is 0.512. The zero-order valence-corrected chi connectivity index (χ0v) is 21.5.